The minimum Gasteiger partial charge on any atom is -0.493 e. The van der Waals surface area contributed by atoms with Crippen LogP contribution in [-0.4, -0.2) is 24.9 Å². The predicted octanol–water partition coefficient (Wildman–Crippen LogP) is 2.22. The number of aliphatic hydroxyl groups is 1. The van der Waals surface area contributed by atoms with Crippen LogP contribution < -0.4 is 9.47 Å². The van der Waals surface area contributed by atoms with Gasteiger partial charge < -0.3 is 14.6 Å². The van der Waals surface area contributed by atoms with Crippen LogP contribution in [0.4, 0.5) is 0 Å². The van der Waals surface area contributed by atoms with Gasteiger partial charge in [-0.2, -0.15) is 0 Å². The summed E-state index contributed by atoms with van der Waals surface area (Å²) in [5, 5.41) is 9.11. The molecule has 1 radical (unpaired) electrons. The lowest BCUT2D eigenvalue weighted by Gasteiger charge is -2.11. The molecule has 16 heavy (non-hydrogen) atoms. The molecule has 1 N–H and O–H groups in total. The fourth-order valence-corrected chi connectivity index (χ4v) is 1.48. The van der Waals surface area contributed by atoms with Gasteiger partial charge in [0, 0.05) is 0 Å². The van der Waals surface area contributed by atoms with E-state index in [0.717, 1.165) is 23.5 Å². The highest BCUT2D eigenvalue weighted by atomic mass is 16.5. The van der Waals surface area contributed by atoms with Gasteiger partial charge in [-0.3, -0.25) is 0 Å². The van der Waals surface area contributed by atoms with Crippen LogP contribution in [0.15, 0.2) is 18.2 Å². The average molecular weight is 223 g/mol. The zero-order valence-corrected chi connectivity index (χ0v) is 9.90. The summed E-state index contributed by atoms with van der Waals surface area (Å²) in [7, 11) is 1.62. The van der Waals surface area contributed by atoms with E-state index in [2.05, 4.69) is 6.92 Å². The molecule has 0 fully saturated rings. The molecule has 3 heteroatoms. The second kappa shape index (κ2) is 6.38. The van der Waals surface area contributed by atoms with Crippen molar-refractivity contribution in [1.29, 1.82) is 0 Å². The lowest BCUT2D eigenvalue weighted by molar-refractivity contribution is 0.210. The number of methoxy groups -OCH3 is 1. The van der Waals surface area contributed by atoms with Crippen molar-refractivity contribution < 1.29 is 14.6 Å². The Kier molecular flexibility index (Phi) is 5.12. The van der Waals surface area contributed by atoms with Crippen molar-refractivity contribution in [2.75, 3.05) is 13.7 Å². The minimum absolute atomic E-state index is 0.516. The molecule has 0 amide bonds. The van der Waals surface area contributed by atoms with Crippen LogP contribution >= 0.6 is 0 Å². The second-order valence-electron chi connectivity index (χ2n) is 3.61. The molecule has 1 atom stereocenters. The van der Waals surface area contributed by atoms with E-state index in [9.17, 15) is 0 Å². The minimum atomic E-state index is -0.516. The normalized spacial score (nSPS) is 12.2. The first-order valence-corrected chi connectivity index (χ1v) is 5.48. The van der Waals surface area contributed by atoms with Crippen molar-refractivity contribution in [1.82, 2.24) is 0 Å². The van der Waals surface area contributed by atoms with Crippen LogP contribution in [-0.2, 0) is 6.42 Å². The molecule has 1 aromatic carbocycles. The zero-order valence-electron chi connectivity index (χ0n) is 9.90. The topological polar surface area (TPSA) is 38.7 Å². The molecule has 0 aliphatic carbocycles. The number of aryl methyl sites for hydroxylation is 1. The van der Waals surface area contributed by atoms with Crippen LogP contribution in [0.1, 0.15) is 18.9 Å². The molecule has 0 aliphatic heterocycles. The maximum atomic E-state index is 9.11. The van der Waals surface area contributed by atoms with E-state index in [1.165, 1.54) is 0 Å². The van der Waals surface area contributed by atoms with E-state index in [1.807, 2.05) is 25.1 Å². The first kappa shape index (κ1) is 12.8. The summed E-state index contributed by atoms with van der Waals surface area (Å²) >= 11 is 0. The van der Waals surface area contributed by atoms with Crippen LogP contribution in [0, 0.1) is 6.92 Å². The van der Waals surface area contributed by atoms with Crippen LogP contribution in [0.3, 0.4) is 0 Å². The van der Waals surface area contributed by atoms with E-state index in [4.69, 9.17) is 14.6 Å². The Morgan fingerprint density at radius 3 is 2.69 bits per heavy atom. The summed E-state index contributed by atoms with van der Waals surface area (Å²) in [4.78, 5) is 0. The summed E-state index contributed by atoms with van der Waals surface area (Å²) in [6.07, 6.45) is 0.919. The Hall–Kier alpha value is -1.22. The van der Waals surface area contributed by atoms with Gasteiger partial charge in [0.25, 0.3) is 0 Å². The summed E-state index contributed by atoms with van der Waals surface area (Å²) in [6, 6.07) is 5.82. The molecule has 0 aliphatic rings. The van der Waals surface area contributed by atoms with Crippen molar-refractivity contribution in [3.8, 4) is 11.5 Å². The van der Waals surface area contributed by atoms with Gasteiger partial charge in [0.15, 0.2) is 11.5 Å². The van der Waals surface area contributed by atoms with Gasteiger partial charge in [0.1, 0.15) is 0 Å². The molecule has 3 nitrogen and oxygen atoms in total. The Morgan fingerprint density at radius 2 is 2.12 bits per heavy atom. The molecule has 89 valence electrons. The van der Waals surface area contributed by atoms with Crippen molar-refractivity contribution in [3.05, 3.63) is 30.7 Å². The van der Waals surface area contributed by atoms with Crippen molar-refractivity contribution in [2.24, 2.45) is 0 Å². The molecule has 1 unspecified atom stereocenters. The van der Waals surface area contributed by atoms with E-state index < -0.39 is 6.10 Å². The van der Waals surface area contributed by atoms with Gasteiger partial charge in [-0.15, -0.1) is 0 Å². The molecule has 0 saturated carbocycles. The van der Waals surface area contributed by atoms with Crippen molar-refractivity contribution in [2.45, 2.75) is 25.9 Å². The third kappa shape index (κ3) is 3.74. The first-order chi connectivity index (χ1) is 7.67. The maximum Gasteiger partial charge on any atom is 0.161 e. The molecule has 0 saturated heterocycles. The summed E-state index contributed by atoms with van der Waals surface area (Å²) < 4.78 is 10.7. The quantitative estimate of drug-likeness (QED) is 0.803. The summed E-state index contributed by atoms with van der Waals surface area (Å²) in [5.41, 5.74) is 1.11. The number of hydrogen-bond donors (Lipinski definition) is 1. The third-order valence-corrected chi connectivity index (χ3v) is 2.29. The standard InChI is InChI=1S/C13H19O3/c1-4-16-12-8-7-11(6-5-10(2)14)9-13(12)15-3/h7-10,14H,2,4-6H2,1,3H3. The Labute approximate surface area is 97.0 Å². The van der Waals surface area contributed by atoms with E-state index in [-0.39, 0.29) is 0 Å². The fourth-order valence-electron chi connectivity index (χ4n) is 1.48. The Bertz CT molecular complexity index is 321. The predicted molar refractivity (Wildman–Crippen MR) is 63.8 cm³/mol. The molecule has 1 aromatic rings. The van der Waals surface area contributed by atoms with Gasteiger partial charge in [-0.1, -0.05) is 6.07 Å². The number of rotatable bonds is 6. The highest BCUT2D eigenvalue weighted by molar-refractivity contribution is 5.43. The zero-order chi connectivity index (χ0) is 12.0. The van der Waals surface area contributed by atoms with E-state index >= 15 is 0 Å². The highest BCUT2D eigenvalue weighted by Gasteiger charge is 2.06. The molecular formula is C13H19O3. The SMILES string of the molecule is [CH2]C(O)CCc1ccc(OCC)c(OC)c1. The van der Waals surface area contributed by atoms with Gasteiger partial charge in [0.05, 0.1) is 19.8 Å². The fraction of sp³-hybridized carbons (Fsp3) is 0.462. The number of benzene rings is 1. The van der Waals surface area contributed by atoms with Crippen LogP contribution in [0.5, 0.6) is 11.5 Å². The van der Waals surface area contributed by atoms with Gasteiger partial charge in [0.2, 0.25) is 0 Å². The average Bonchev–Trinajstić information content (AvgIpc) is 2.28. The molecule has 0 heterocycles. The van der Waals surface area contributed by atoms with E-state index in [0.29, 0.717) is 13.0 Å². The lowest BCUT2D eigenvalue weighted by Crippen LogP contribution is -2.02. The highest BCUT2D eigenvalue weighted by Crippen LogP contribution is 2.28. The van der Waals surface area contributed by atoms with Crippen molar-refractivity contribution in [3.63, 3.8) is 0 Å². The third-order valence-electron chi connectivity index (χ3n) is 2.29. The number of hydrogen-bond acceptors (Lipinski definition) is 3. The Morgan fingerprint density at radius 1 is 1.38 bits per heavy atom. The first-order valence-electron chi connectivity index (χ1n) is 5.48. The van der Waals surface area contributed by atoms with Gasteiger partial charge >= 0.3 is 0 Å². The summed E-state index contributed by atoms with van der Waals surface area (Å²) in [6.45, 7) is 6.10. The van der Waals surface area contributed by atoms with E-state index in [1.54, 1.807) is 7.11 Å². The largest absolute Gasteiger partial charge is 0.493 e. The number of ether oxygens (including phenoxy) is 2. The summed E-state index contributed by atoms with van der Waals surface area (Å²) in [5.74, 6) is 1.49. The molecule has 0 aromatic heterocycles. The number of aliphatic hydroxyl groups excluding tert-OH is 1. The van der Waals surface area contributed by atoms with Crippen LogP contribution in [0.2, 0.25) is 0 Å². The monoisotopic (exact) mass is 223 g/mol. The van der Waals surface area contributed by atoms with Gasteiger partial charge in [-0.25, -0.2) is 0 Å². The van der Waals surface area contributed by atoms with Crippen molar-refractivity contribution >= 4 is 0 Å². The maximum absolute atomic E-state index is 9.11. The Balaban J connectivity index is 2.74. The lowest BCUT2D eigenvalue weighted by atomic mass is 10.1. The molecule has 0 spiro atoms. The molecule has 0 bridgehead atoms. The van der Waals surface area contributed by atoms with Crippen LogP contribution in [0.25, 0.3) is 0 Å². The second-order valence-corrected chi connectivity index (χ2v) is 3.61. The van der Waals surface area contributed by atoms with Gasteiger partial charge in [-0.05, 0) is 44.4 Å². The molecular weight excluding hydrogens is 204 g/mol. The smallest absolute Gasteiger partial charge is 0.161 e. The molecule has 1 rings (SSSR count).